The highest BCUT2D eigenvalue weighted by Gasteiger charge is 2.62. The first-order valence-corrected chi connectivity index (χ1v) is 18.0. The third kappa shape index (κ3) is 7.81. The zero-order valence-electron chi connectivity index (χ0n) is 29.1. The van der Waals surface area contributed by atoms with E-state index in [0.717, 1.165) is 9.91 Å². The number of urea groups is 1. The van der Waals surface area contributed by atoms with E-state index in [1.165, 1.54) is 17.0 Å². The van der Waals surface area contributed by atoms with Gasteiger partial charge in [-0.05, 0) is 72.4 Å². The van der Waals surface area contributed by atoms with Crippen molar-refractivity contribution in [2.75, 3.05) is 6.54 Å². The van der Waals surface area contributed by atoms with Gasteiger partial charge in [0.05, 0.1) is 23.9 Å². The fourth-order valence-electron chi connectivity index (χ4n) is 6.11. The van der Waals surface area contributed by atoms with Crippen LogP contribution < -0.4 is 15.5 Å². The lowest BCUT2D eigenvalue weighted by Crippen LogP contribution is -2.63. The molecule has 274 valence electrons. The smallest absolute Gasteiger partial charge is 0.426 e. The second-order valence-electron chi connectivity index (χ2n) is 15.2. The molecule has 1 saturated heterocycles. The van der Waals surface area contributed by atoms with Crippen LogP contribution in [-0.4, -0.2) is 93.9 Å². The second-order valence-corrected chi connectivity index (χ2v) is 17.2. The molecule has 1 aromatic rings. The number of nitrogens with zero attached hydrogens (tertiary/aromatic N) is 3. The van der Waals surface area contributed by atoms with E-state index in [0.29, 0.717) is 24.0 Å². The number of carbonyl (C=O) groups excluding carboxylic acids is 5. The number of hydrazine groups is 1. The molecule has 6 amide bonds. The SMILES string of the molecule is C=C[C@@H]1CC1(NC(=O)[C@@H]1CC(OC(=O)N2Cc3cccc(F)c3C2)CN1C(=O)N(NC(=O)OC(C)(C)C)C(C)(C)C)C(=O)NS(=O)(=O)C1CC1. The van der Waals surface area contributed by atoms with Crippen molar-refractivity contribution in [1.82, 2.24) is 30.3 Å². The average Bonchev–Trinajstić information content (AvgIpc) is 3.89. The first-order valence-electron chi connectivity index (χ1n) is 16.5. The Morgan fingerprint density at radius 1 is 1.08 bits per heavy atom. The molecule has 0 radical (unpaired) electrons. The van der Waals surface area contributed by atoms with Crippen LogP contribution in [0.4, 0.5) is 18.8 Å². The zero-order valence-corrected chi connectivity index (χ0v) is 29.9. The van der Waals surface area contributed by atoms with Crippen LogP contribution in [0, 0.1) is 11.7 Å². The van der Waals surface area contributed by atoms with Gasteiger partial charge in [-0.3, -0.25) is 19.2 Å². The standard InChI is InChI=1S/C33H45FN6O9S/c1-8-20-15-33(20,27(42)37-50(46,47)22-12-13-22)35-26(41)25-14-21(48-30(45)38-16-19-10-9-11-24(34)23(19)18-38)17-39(25)29(44)40(31(2,3)4)36-28(43)49-32(5,6)7/h8-11,20-22,25H,1,12-18H2,2-7H3,(H,35,41)(H,36,43)(H,37,42)/t20-,21?,25+,33?/m1/s1. The van der Waals surface area contributed by atoms with E-state index in [4.69, 9.17) is 9.47 Å². The Hall–Kier alpha value is -4.41. The molecular formula is C33H45FN6O9S. The van der Waals surface area contributed by atoms with Gasteiger partial charge < -0.3 is 19.7 Å². The maximum Gasteiger partial charge on any atom is 0.426 e. The molecule has 0 aromatic heterocycles. The van der Waals surface area contributed by atoms with Gasteiger partial charge in [-0.1, -0.05) is 18.2 Å². The number of amides is 6. The molecule has 17 heteroatoms. The van der Waals surface area contributed by atoms with Crippen molar-refractivity contribution in [3.8, 4) is 0 Å². The highest BCUT2D eigenvalue weighted by molar-refractivity contribution is 7.91. The average molecular weight is 721 g/mol. The summed E-state index contributed by atoms with van der Waals surface area (Å²) in [5, 5.41) is 2.99. The van der Waals surface area contributed by atoms with Crippen LogP contribution in [0.2, 0.25) is 0 Å². The lowest BCUT2D eigenvalue weighted by atomic mass is 10.1. The van der Waals surface area contributed by atoms with Gasteiger partial charge in [0.25, 0.3) is 5.91 Å². The van der Waals surface area contributed by atoms with Crippen molar-refractivity contribution in [1.29, 1.82) is 0 Å². The summed E-state index contributed by atoms with van der Waals surface area (Å²) >= 11 is 0. The minimum Gasteiger partial charge on any atom is -0.444 e. The van der Waals surface area contributed by atoms with Gasteiger partial charge >= 0.3 is 18.2 Å². The Bertz CT molecular complexity index is 1700. The summed E-state index contributed by atoms with van der Waals surface area (Å²) in [7, 11) is -3.94. The van der Waals surface area contributed by atoms with Crippen LogP contribution in [-0.2, 0) is 42.2 Å². The molecule has 5 rings (SSSR count). The number of ether oxygens (including phenoxy) is 2. The molecule has 4 atom stereocenters. The van der Waals surface area contributed by atoms with E-state index in [2.05, 4.69) is 22.0 Å². The normalized spacial score (nSPS) is 24.5. The summed E-state index contributed by atoms with van der Waals surface area (Å²) in [6.45, 7) is 13.4. The van der Waals surface area contributed by atoms with Crippen molar-refractivity contribution in [3.63, 3.8) is 0 Å². The van der Waals surface area contributed by atoms with E-state index in [1.807, 2.05) is 0 Å². The van der Waals surface area contributed by atoms with Crippen LogP contribution in [0.3, 0.4) is 0 Å². The summed E-state index contributed by atoms with van der Waals surface area (Å²) < 4.78 is 52.8. The molecule has 1 aromatic carbocycles. The highest BCUT2D eigenvalue weighted by atomic mass is 32.2. The third-order valence-corrected chi connectivity index (χ3v) is 10.8. The Labute approximate surface area is 290 Å². The van der Waals surface area contributed by atoms with E-state index in [1.54, 1.807) is 53.7 Å². The number of likely N-dealkylation sites (tertiary alicyclic amines) is 1. The third-order valence-electron chi connectivity index (χ3n) is 8.98. The summed E-state index contributed by atoms with van der Waals surface area (Å²) in [5.74, 6) is -2.75. The number of halogens is 1. The predicted octanol–water partition coefficient (Wildman–Crippen LogP) is 3.05. The fourth-order valence-corrected chi connectivity index (χ4v) is 7.48. The first-order chi connectivity index (χ1) is 23.1. The van der Waals surface area contributed by atoms with E-state index < -0.39 is 85.9 Å². The molecule has 2 heterocycles. The lowest BCUT2D eigenvalue weighted by Gasteiger charge is -2.39. The first kappa shape index (κ1) is 36.9. The molecule has 15 nitrogen and oxygen atoms in total. The number of hydrogen-bond donors (Lipinski definition) is 3. The van der Waals surface area contributed by atoms with Crippen molar-refractivity contribution in [2.24, 2.45) is 5.92 Å². The van der Waals surface area contributed by atoms with Gasteiger partial charge in [0, 0.05) is 24.4 Å². The van der Waals surface area contributed by atoms with Gasteiger partial charge in [0.2, 0.25) is 15.9 Å². The van der Waals surface area contributed by atoms with E-state index in [-0.39, 0.29) is 32.5 Å². The Balaban J connectivity index is 1.38. The monoisotopic (exact) mass is 720 g/mol. The molecule has 2 saturated carbocycles. The molecule has 2 aliphatic heterocycles. The molecule has 0 spiro atoms. The fraction of sp³-hybridized carbons (Fsp3) is 0.606. The Kier molecular flexibility index (Phi) is 9.62. The number of carbonyl (C=O) groups is 5. The molecule has 50 heavy (non-hydrogen) atoms. The van der Waals surface area contributed by atoms with E-state index in [9.17, 15) is 36.8 Å². The second kappa shape index (κ2) is 13.0. The molecular weight excluding hydrogens is 675 g/mol. The predicted molar refractivity (Wildman–Crippen MR) is 177 cm³/mol. The van der Waals surface area contributed by atoms with Gasteiger partial charge in [-0.15, -0.1) is 6.58 Å². The highest BCUT2D eigenvalue weighted by Crippen LogP contribution is 2.45. The maximum atomic E-state index is 14.4. The number of sulfonamides is 1. The van der Waals surface area contributed by atoms with E-state index >= 15 is 0 Å². The van der Waals surface area contributed by atoms with Gasteiger partial charge in [-0.2, -0.15) is 0 Å². The zero-order chi connectivity index (χ0) is 37.0. The lowest BCUT2D eigenvalue weighted by molar-refractivity contribution is -0.131. The van der Waals surface area contributed by atoms with Crippen LogP contribution >= 0.6 is 0 Å². The minimum atomic E-state index is -3.94. The van der Waals surface area contributed by atoms with Crippen LogP contribution in [0.25, 0.3) is 0 Å². The summed E-state index contributed by atoms with van der Waals surface area (Å²) in [5.41, 5.74) is -0.111. The van der Waals surface area contributed by atoms with Gasteiger partial charge in [-0.25, -0.2) is 37.6 Å². The minimum absolute atomic E-state index is 0.0257. The number of nitrogens with one attached hydrogen (secondary N) is 3. The molecule has 2 unspecified atom stereocenters. The van der Waals surface area contributed by atoms with Crippen molar-refractivity contribution in [2.45, 2.75) is 114 Å². The van der Waals surface area contributed by atoms with Crippen LogP contribution in [0.1, 0.15) is 78.4 Å². The molecule has 0 bridgehead atoms. The molecule has 3 N–H and O–H groups in total. The summed E-state index contributed by atoms with van der Waals surface area (Å²) in [6, 6.07) is 2.40. The van der Waals surface area contributed by atoms with Gasteiger partial charge in [0.1, 0.15) is 29.1 Å². The van der Waals surface area contributed by atoms with Crippen molar-refractivity contribution >= 4 is 40.1 Å². The Morgan fingerprint density at radius 3 is 2.32 bits per heavy atom. The van der Waals surface area contributed by atoms with Crippen molar-refractivity contribution < 1.29 is 46.3 Å². The number of fused-ring (bicyclic) bond motifs is 1. The van der Waals surface area contributed by atoms with Gasteiger partial charge in [0.15, 0.2) is 0 Å². The summed E-state index contributed by atoms with van der Waals surface area (Å²) in [6.07, 6.45) is -0.563. The van der Waals surface area contributed by atoms with Crippen LogP contribution in [0.5, 0.6) is 0 Å². The maximum absolute atomic E-state index is 14.4. The number of rotatable bonds is 7. The molecule has 4 aliphatic rings. The molecule has 2 aliphatic carbocycles. The molecule has 3 fully saturated rings. The van der Waals surface area contributed by atoms with Crippen LogP contribution in [0.15, 0.2) is 30.9 Å². The van der Waals surface area contributed by atoms with Crippen molar-refractivity contribution in [3.05, 3.63) is 47.8 Å². The summed E-state index contributed by atoms with van der Waals surface area (Å²) in [4.78, 5) is 70.1. The number of hydrogen-bond acceptors (Lipinski definition) is 9. The largest absolute Gasteiger partial charge is 0.444 e. The quantitative estimate of drug-likeness (QED) is 0.282. The number of benzene rings is 1. The topological polar surface area (TPSA) is 184 Å². The Morgan fingerprint density at radius 2 is 1.76 bits per heavy atom.